The van der Waals surface area contributed by atoms with Crippen molar-refractivity contribution in [1.29, 1.82) is 0 Å². The second-order valence-corrected chi connectivity index (χ2v) is 5.39. The van der Waals surface area contributed by atoms with Gasteiger partial charge in [-0.05, 0) is 6.42 Å². The van der Waals surface area contributed by atoms with Crippen molar-refractivity contribution < 1.29 is 14.3 Å². The minimum absolute atomic E-state index is 0.298. The number of benzene rings is 1. The van der Waals surface area contributed by atoms with Gasteiger partial charge in [0.1, 0.15) is 5.76 Å². The monoisotopic (exact) mass is 242 g/mol. The number of ketones is 2. The van der Waals surface area contributed by atoms with E-state index in [2.05, 4.69) is 0 Å². The van der Waals surface area contributed by atoms with E-state index in [-0.39, 0.29) is 5.41 Å². The Bertz CT molecular complexity index is 594. The summed E-state index contributed by atoms with van der Waals surface area (Å²) in [6.45, 7) is 4.57. The summed E-state index contributed by atoms with van der Waals surface area (Å²) >= 11 is 0. The minimum Gasteiger partial charge on any atom is -0.492 e. The lowest BCUT2D eigenvalue weighted by molar-refractivity contribution is -0.113. The molecule has 3 nitrogen and oxygen atoms in total. The van der Waals surface area contributed by atoms with Gasteiger partial charge in [0.25, 0.3) is 0 Å². The first kappa shape index (κ1) is 11.2. The van der Waals surface area contributed by atoms with E-state index in [1.807, 2.05) is 26.0 Å². The number of carbonyl (C=O) groups excluding carboxylic acids is 2. The van der Waals surface area contributed by atoms with Crippen molar-refractivity contribution in [2.45, 2.75) is 20.3 Å². The second-order valence-electron chi connectivity index (χ2n) is 5.39. The third kappa shape index (κ3) is 1.37. The number of allylic oxidation sites excluding steroid dienone is 1. The van der Waals surface area contributed by atoms with E-state index in [0.717, 1.165) is 12.0 Å². The zero-order chi connectivity index (χ0) is 12.9. The Kier molecular flexibility index (Phi) is 2.21. The van der Waals surface area contributed by atoms with E-state index in [4.69, 9.17) is 4.74 Å². The Morgan fingerprint density at radius 1 is 1.06 bits per heavy atom. The quantitative estimate of drug-likeness (QED) is 0.657. The molecule has 0 amide bonds. The predicted octanol–water partition coefficient (Wildman–Crippen LogP) is 2.61. The topological polar surface area (TPSA) is 43.4 Å². The standard InChI is InChI=1S/C15H14O3/c1-15(2)7-8-18-14-10-6-4-3-5-9(10)12(16)13(17)11(14)15/h3-6H,7-8H2,1-2H3. The number of carbonyl (C=O) groups is 2. The van der Waals surface area contributed by atoms with E-state index in [1.54, 1.807) is 12.1 Å². The number of hydrogen-bond donors (Lipinski definition) is 0. The van der Waals surface area contributed by atoms with E-state index in [0.29, 0.717) is 23.5 Å². The van der Waals surface area contributed by atoms with Crippen molar-refractivity contribution in [2.75, 3.05) is 6.61 Å². The van der Waals surface area contributed by atoms with E-state index < -0.39 is 11.6 Å². The zero-order valence-electron chi connectivity index (χ0n) is 10.4. The molecule has 0 spiro atoms. The highest BCUT2D eigenvalue weighted by molar-refractivity contribution is 6.52. The fourth-order valence-corrected chi connectivity index (χ4v) is 2.65. The molecule has 0 saturated heterocycles. The van der Waals surface area contributed by atoms with E-state index in [9.17, 15) is 9.59 Å². The average Bonchev–Trinajstić information content (AvgIpc) is 2.35. The van der Waals surface area contributed by atoms with Gasteiger partial charge in [-0.1, -0.05) is 38.1 Å². The first-order valence-corrected chi connectivity index (χ1v) is 6.08. The van der Waals surface area contributed by atoms with Crippen LogP contribution in [-0.4, -0.2) is 18.2 Å². The van der Waals surface area contributed by atoms with Crippen molar-refractivity contribution in [3.05, 3.63) is 41.0 Å². The Morgan fingerprint density at radius 2 is 1.72 bits per heavy atom. The van der Waals surface area contributed by atoms with Crippen molar-refractivity contribution in [3.63, 3.8) is 0 Å². The molecule has 1 heterocycles. The molecule has 92 valence electrons. The largest absolute Gasteiger partial charge is 0.492 e. The molecular weight excluding hydrogens is 228 g/mol. The molecule has 0 fully saturated rings. The zero-order valence-corrected chi connectivity index (χ0v) is 10.4. The normalized spacial score (nSPS) is 21.2. The first-order chi connectivity index (χ1) is 8.52. The fraction of sp³-hybridized carbons (Fsp3) is 0.333. The number of rotatable bonds is 0. The van der Waals surface area contributed by atoms with Crippen molar-refractivity contribution in [3.8, 4) is 0 Å². The van der Waals surface area contributed by atoms with Crippen molar-refractivity contribution in [1.82, 2.24) is 0 Å². The van der Waals surface area contributed by atoms with Crippen LogP contribution in [0.15, 0.2) is 29.8 Å². The molecule has 0 atom stereocenters. The summed E-state index contributed by atoms with van der Waals surface area (Å²) in [5.74, 6) is -0.220. The molecule has 1 aliphatic heterocycles. The summed E-state index contributed by atoms with van der Waals surface area (Å²) in [5.41, 5.74) is 1.45. The molecule has 3 heteroatoms. The van der Waals surface area contributed by atoms with Crippen LogP contribution in [-0.2, 0) is 9.53 Å². The second kappa shape index (κ2) is 3.55. The van der Waals surface area contributed by atoms with Gasteiger partial charge in [0.2, 0.25) is 11.6 Å². The summed E-state index contributed by atoms with van der Waals surface area (Å²) in [4.78, 5) is 24.4. The minimum atomic E-state index is -0.414. The SMILES string of the molecule is CC1(C)CCOC2=C1C(=O)C(=O)c1ccccc12. The smallest absolute Gasteiger partial charge is 0.234 e. The van der Waals surface area contributed by atoms with Crippen LogP contribution in [0, 0.1) is 5.41 Å². The maximum Gasteiger partial charge on any atom is 0.234 e. The molecule has 1 aromatic rings. The molecule has 0 saturated carbocycles. The van der Waals surface area contributed by atoms with Crippen LogP contribution in [0.4, 0.5) is 0 Å². The van der Waals surface area contributed by atoms with Crippen molar-refractivity contribution in [2.24, 2.45) is 5.41 Å². The van der Waals surface area contributed by atoms with Crippen molar-refractivity contribution >= 4 is 17.3 Å². The third-order valence-electron chi connectivity index (χ3n) is 3.73. The molecule has 3 rings (SSSR count). The van der Waals surface area contributed by atoms with Crippen LogP contribution in [0.3, 0.4) is 0 Å². The predicted molar refractivity (Wildman–Crippen MR) is 67.0 cm³/mol. The summed E-state index contributed by atoms with van der Waals surface area (Å²) in [7, 11) is 0. The Labute approximate surface area is 105 Å². The molecule has 0 unspecified atom stereocenters. The van der Waals surface area contributed by atoms with Gasteiger partial charge in [-0.2, -0.15) is 0 Å². The molecule has 2 aliphatic rings. The molecule has 1 aliphatic carbocycles. The highest BCUT2D eigenvalue weighted by Gasteiger charge is 2.43. The highest BCUT2D eigenvalue weighted by Crippen LogP contribution is 2.44. The maximum atomic E-state index is 12.3. The number of ether oxygens (including phenoxy) is 1. The lowest BCUT2D eigenvalue weighted by Crippen LogP contribution is -2.36. The van der Waals surface area contributed by atoms with Crippen LogP contribution >= 0.6 is 0 Å². The van der Waals surface area contributed by atoms with Crippen LogP contribution < -0.4 is 0 Å². The molecule has 18 heavy (non-hydrogen) atoms. The summed E-state index contributed by atoms with van der Waals surface area (Å²) < 4.78 is 5.67. The van der Waals surface area contributed by atoms with Gasteiger partial charge in [0, 0.05) is 16.5 Å². The summed E-state index contributed by atoms with van der Waals surface area (Å²) in [6.07, 6.45) is 0.757. The van der Waals surface area contributed by atoms with Gasteiger partial charge >= 0.3 is 0 Å². The molecular formula is C15H14O3. The van der Waals surface area contributed by atoms with Crippen LogP contribution in [0.25, 0.3) is 5.76 Å². The first-order valence-electron chi connectivity index (χ1n) is 6.08. The van der Waals surface area contributed by atoms with Gasteiger partial charge in [0.15, 0.2) is 0 Å². The summed E-state index contributed by atoms with van der Waals surface area (Å²) in [6, 6.07) is 7.15. The van der Waals surface area contributed by atoms with Gasteiger partial charge in [-0.3, -0.25) is 9.59 Å². The van der Waals surface area contributed by atoms with Crippen LogP contribution in [0.1, 0.15) is 36.2 Å². The lowest BCUT2D eigenvalue weighted by atomic mass is 9.72. The Morgan fingerprint density at radius 3 is 2.44 bits per heavy atom. The molecule has 0 radical (unpaired) electrons. The average molecular weight is 242 g/mol. The Hall–Kier alpha value is -1.90. The van der Waals surface area contributed by atoms with E-state index in [1.165, 1.54) is 0 Å². The Balaban J connectivity index is 2.33. The van der Waals surface area contributed by atoms with Gasteiger partial charge in [0.05, 0.1) is 12.2 Å². The van der Waals surface area contributed by atoms with Gasteiger partial charge in [-0.15, -0.1) is 0 Å². The highest BCUT2D eigenvalue weighted by atomic mass is 16.5. The maximum absolute atomic E-state index is 12.3. The number of fused-ring (bicyclic) bond motifs is 2. The van der Waals surface area contributed by atoms with Crippen LogP contribution in [0.2, 0.25) is 0 Å². The van der Waals surface area contributed by atoms with Crippen LogP contribution in [0.5, 0.6) is 0 Å². The number of hydrogen-bond acceptors (Lipinski definition) is 3. The van der Waals surface area contributed by atoms with E-state index >= 15 is 0 Å². The lowest BCUT2D eigenvalue weighted by Gasteiger charge is -2.36. The molecule has 0 aromatic heterocycles. The molecule has 0 N–H and O–H groups in total. The molecule has 1 aromatic carbocycles. The summed E-state index contributed by atoms with van der Waals surface area (Å²) in [5, 5.41) is 0. The third-order valence-corrected chi connectivity index (χ3v) is 3.73. The van der Waals surface area contributed by atoms with Gasteiger partial charge in [-0.25, -0.2) is 0 Å². The molecule has 0 bridgehead atoms. The van der Waals surface area contributed by atoms with Gasteiger partial charge < -0.3 is 4.74 Å². The fourth-order valence-electron chi connectivity index (χ4n) is 2.65. The number of Topliss-reactive ketones (excluding diaryl/α,β-unsaturated/α-hetero) is 2.